The average Bonchev–Trinajstić information content (AvgIpc) is 2.92. The first kappa shape index (κ1) is 13.6. The van der Waals surface area contributed by atoms with Crippen molar-refractivity contribution in [2.45, 2.75) is 26.8 Å². The maximum atomic E-state index is 12.7. The van der Waals surface area contributed by atoms with Crippen molar-refractivity contribution in [3.05, 3.63) is 65.4 Å². The van der Waals surface area contributed by atoms with Gasteiger partial charge >= 0.3 is 0 Å². The molecule has 3 nitrogen and oxygen atoms in total. The SMILES string of the molecule is Cc1ccc(C(=O)C(C)n2ncc3ccccc32)cc1C. The number of carbonyl (C=O) groups is 1. The van der Waals surface area contributed by atoms with E-state index in [9.17, 15) is 4.79 Å². The van der Waals surface area contributed by atoms with Crippen LogP contribution in [0.25, 0.3) is 10.9 Å². The minimum Gasteiger partial charge on any atom is -0.292 e. The van der Waals surface area contributed by atoms with Crippen LogP contribution in [-0.2, 0) is 0 Å². The van der Waals surface area contributed by atoms with Gasteiger partial charge in [0.1, 0.15) is 6.04 Å². The molecule has 1 unspecified atom stereocenters. The van der Waals surface area contributed by atoms with Gasteiger partial charge in [-0.25, -0.2) is 0 Å². The number of aryl methyl sites for hydroxylation is 2. The summed E-state index contributed by atoms with van der Waals surface area (Å²) < 4.78 is 1.80. The number of carbonyl (C=O) groups excluding carboxylic acids is 1. The molecule has 3 heteroatoms. The highest BCUT2D eigenvalue weighted by Gasteiger charge is 2.19. The molecule has 1 aromatic heterocycles. The maximum Gasteiger partial charge on any atom is 0.187 e. The van der Waals surface area contributed by atoms with Gasteiger partial charge in [0.05, 0.1) is 11.7 Å². The van der Waals surface area contributed by atoms with Crippen LogP contribution in [0, 0.1) is 13.8 Å². The second-order valence-electron chi connectivity index (χ2n) is 5.49. The molecule has 3 aromatic rings. The van der Waals surface area contributed by atoms with Crippen LogP contribution in [0.2, 0.25) is 0 Å². The van der Waals surface area contributed by atoms with Crippen LogP contribution >= 0.6 is 0 Å². The molecule has 106 valence electrons. The standard InChI is InChI=1S/C18H18N2O/c1-12-8-9-15(10-13(12)2)18(21)14(3)20-17-7-5-4-6-16(17)11-19-20/h4-11,14H,1-3H3. The molecule has 0 saturated carbocycles. The largest absolute Gasteiger partial charge is 0.292 e. The van der Waals surface area contributed by atoms with Crippen molar-refractivity contribution in [3.8, 4) is 0 Å². The average molecular weight is 278 g/mol. The van der Waals surface area contributed by atoms with Crippen molar-refractivity contribution in [2.75, 3.05) is 0 Å². The summed E-state index contributed by atoms with van der Waals surface area (Å²) in [6.07, 6.45) is 1.81. The third-order valence-electron chi connectivity index (χ3n) is 4.04. The number of fused-ring (bicyclic) bond motifs is 1. The number of nitrogens with zero attached hydrogens (tertiary/aromatic N) is 2. The summed E-state index contributed by atoms with van der Waals surface area (Å²) in [5, 5.41) is 5.43. The quantitative estimate of drug-likeness (QED) is 0.676. The van der Waals surface area contributed by atoms with E-state index in [-0.39, 0.29) is 11.8 Å². The number of benzene rings is 2. The lowest BCUT2D eigenvalue weighted by atomic mass is 10.0. The van der Waals surface area contributed by atoms with Crippen LogP contribution in [0.15, 0.2) is 48.7 Å². The predicted molar refractivity (Wildman–Crippen MR) is 84.7 cm³/mol. The Kier molecular flexibility index (Phi) is 3.34. The molecule has 1 heterocycles. The van der Waals surface area contributed by atoms with Crippen molar-refractivity contribution < 1.29 is 4.79 Å². The molecule has 0 spiro atoms. The minimum atomic E-state index is -0.313. The molecular formula is C18H18N2O. The lowest BCUT2D eigenvalue weighted by Crippen LogP contribution is -2.18. The summed E-state index contributed by atoms with van der Waals surface area (Å²) >= 11 is 0. The number of para-hydroxylation sites is 1. The molecule has 0 saturated heterocycles. The van der Waals surface area contributed by atoms with Crippen LogP contribution in [0.4, 0.5) is 0 Å². The van der Waals surface area contributed by atoms with Crippen LogP contribution in [0.5, 0.6) is 0 Å². The molecule has 0 fully saturated rings. The fourth-order valence-electron chi connectivity index (χ4n) is 2.55. The molecule has 0 aliphatic heterocycles. The molecule has 3 rings (SSSR count). The zero-order chi connectivity index (χ0) is 15.0. The molecular weight excluding hydrogens is 260 g/mol. The Morgan fingerprint density at radius 2 is 1.86 bits per heavy atom. The summed E-state index contributed by atoms with van der Waals surface area (Å²) in [5.74, 6) is 0.0898. The fourth-order valence-corrected chi connectivity index (χ4v) is 2.55. The fraction of sp³-hybridized carbons (Fsp3) is 0.222. The Bertz CT molecular complexity index is 817. The van der Waals surface area contributed by atoms with Gasteiger partial charge in [0, 0.05) is 10.9 Å². The van der Waals surface area contributed by atoms with Crippen molar-refractivity contribution in [3.63, 3.8) is 0 Å². The zero-order valence-electron chi connectivity index (χ0n) is 12.5. The second kappa shape index (κ2) is 5.17. The highest BCUT2D eigenvalue weighted by atomic mass is 16.1. The van der Waals surface area contributed by atoms with E-state index in [0.717, 1.165) is 22.0 Å². The van der Waals surface area contributed by atoms with Crippen LogP contribution in [0.1, 0.15) is 34.5 Å². The molecule has 0 aliphatic rings. The lowest BCUT2D eigenvalue weighted by molar-refractivity contribution is 0.0930. The lowest BCUT2D eigenvalue weighted by Gasteiger charge is -2.13. The van der Waals surface area contributed by atoms with Crippen LogP contribution < -0.4 is 0 Å². The Morgan fingerprint density at radius 3 is 2.62 bits per heavy atom. The van der Waals surface area contributed by atoms with Crippen molar-refractivity contribution in [1.82, 2.24) is 9.78 Å². The number of hydrogen-bond donors (Lipinski definition) is 0. The van der Waals surface area contributed by atoms with Crippen molar-refractivity contribution in [2.24, 2.45) is 0 Å². The van der Waals surface area contributed by atoms with Gasteiger partial charge in [-0.3, -0.25) is 9.48 Å². The van der Waals surface area contributed by atoms with Crippen molar-refractivity contribution in [1.29, 1.82) is 0 Å². The molecule has 0 radical (unpaired) electrons. The zero-order valence-corrected chi connectivity index (χ0v) is 12.5. The molecule has 0 amide bonds. The van der Waals surface area contributed by atoms with Gasteiger partial charge in [-0.05, 0) is 44.0 Å². The van der Waals surface area contributed by atoms with Crippen LogP contribution in [0.3, 0.4) is 0 Å². The van der Waals surface area contributed by atoms with E-state index < -0.39 is 0 Å². The summed E-state index contributed by atoms with van der Waals surface area (Å²) in [5.41, 5.74) is 4.06. The Hall–Kier alpha value is -2.42. The number of ketones is 1. The molecule has 1 atom stereocenters. The van der Waals surface area contributed by atoms with Crippen molar-refractivity contribution >= 4 is 16.7 Å². The number of rotatable bonds is 3. The Morgan fingerprint density at radius 1 is 1.10 bits per heavy atom. The van der Waals surface area contributed by atoms with Gasteiger partial charge < -0.3 is 0 Å². The first-order valence-corrected chi connectivity index (χ1v) is 7.11. The number of Topliss-reactive ketones (excluding diaryl/α,β-unsaturated/α-hetero) is 1. The first-order chi connectivity index (χ1) is 10.1. The topological polar surface area (TPSA) is 34.9 Å². The van der Waals surface area contributed by atoms with Crippen LogP contribution in [-0.4, -0.2) is 15.6 Å². The number of aromatic nitrogens is 2. The van der Waals surface area contributed by atoms with Gasteiger partial charge in [-0.2, -0.15) is 5.10 Å². The van der Waals surface area contributed by atoms with Gasteiger partial charge in [0.15, 0.2) is 5.78 Å². The van der Waals surface area contributed by atoms with E-state index >= 15 is 0 Å². The highest BCUT2D eigenvalue weighted by Crippen LogP contribution is 2.21. The maximum absolute atomic E-state index is 12.7. The molecule has 0 bridgehead atoms. The highest BCUT2D eigenvalue weighted by molar-refractivity contribution is 5.99. The van der Waals surface area contributed by atoms with Gasteiger partial charge in [0.2, 0.25) is 0 Å². The van der Waals surface area contributed by atoms with E-state index in [1.54, 1.807) is 10.9 Å². The van der Waals surface area contributed by atoms with Gasteiger partial charge in [0.25, 0.3) is 0 Å². The smallest absolute Gasteiger partial charge is 0.187 e. The molecule has 2 aromatic carbocycles. The summed E-state index contributed by atoms with van der Waals surface area (Å²) in [7, 11) is 0. The monoisotopic (exact) mass is 278 g/mol. The van der Waals surface area contributed by atoms with E-state index in [4.69, 9.17) is 0 Å². The van der Waals surface area contributed by atoms with E-state index in [1.165, 1.54) is 5.56 Å². The third-order valence-corrected chi connectivity index (χ3v) is 4.04. The van der Waals surface area contributed by atoms with E-state index in [0.29, 0.717) is 0 Å². The minimum absolute atomic E-state index is 0.0898. The van der Waals surface area contributed by atoms with Gasteiger partial charge in [-0.1, -0.05) is 30.3 Å². The Labute approximate surface area is 124 Å². The Balaban J connectivity index is 1.99. The van der Waals surface area contributed by atoms with Gasteiger partial charge in [-0.15, -0.1) is 0 Å². The summed E-state index contributed by atoms with van der Waals surface area (Å²) in [4.78, 5) is 12.7. The van der Waals surface area contributed by atoms with E-state index in [2.05, 4.69) is 5.10 Å². The molecule has 21 heavy (non-hydrogen) atoms. The second-order valence-corrected chi connectivity index (χ2v) is 5.49. The molecule has 0 N–H and O–H groups in total. The molecule has 0 aliphatic carbocycles. The first-order valence-electron chi connectivity index (χ1n) is 7.11. The predicted octanol–water partition coefficient (Wildman–Crippen LogP) is 4.10. The van der Waals surface area contributed by atoms with E-state index in [1.807, 2.05) is 63.2 Å². The number of hydrogen-bond acceptors (Lipinski definition) is 2. The normalized spacial score (nSPS) is 12.5. The summed E-state index contributed by atoms with van der Waals surface area (Å²) in [6.45, 7) is 5.98. The summed E-state index contributed by atoms with van der Waals surface area (Å²) in [6, 6.07) is 13.5. The third kappa shape index (κ3) is 2.35.